The molecule has 1 atom stereocenters. The highest BCUT2D eigenvalue weighted by Crippen LogP contribution is 2.18. The Morgan fingerprint density at radius 3 is 2.63 bits per heavy atom. The number of hydrogen-bond acceptors (Lipinski definition) is 9. The molecule has 1 rings (SSSR count). The van der Waals surface area contributed by atoms with E-state index in [1.807, 2.05) is 6.92 Å². The highest BCUT2D eigenvalue weighted by Gasteiger charge is 2.42. The van der Waals surface area contributed by atoms with Crippen LogP contribution in [-0.4, -0.2) is 79.2 Å². The third-order valence-electron chi connectivity index (χ3n) is 3.72. The van der Waals surface area contributed by atoms with Crippen LogP contribution >= 0.6 is 11.8 Å². The standard InChI is InChI=1S/C16H22N6O7S/c1-10-11(21-9-20-10)7-30-4-3-22(15(18-2)19-8-17)29-13(25)6-16(28,14(26)27)5-12(23)24/h9,28H,3-7H2,1-2H3,(H,18,19)(H,20,21)(H,23,24)(H,26,27). The second kappa shape index (κ2) is 11.6. The first-order chi connectivity index (χ1) is 14.1. The third-order valence-corrected chi connectivity index (χ3v) is 4.67. The topological polar surface area (TPSA) is 201 Å². The van der Waals surface area contributed by atoms with E-state index in [-0.39, 0.29) is 12.5 Å². The van der Waals surface area contributed by atoms with Gasteiger partial charge in [-0.2, -0.15) is 22.1 Å². The number of thioether (sulfide) groups is 1. The average Bonchev–Trinajstić information content (AvgIpc) is 3.06. The molecule has 1 unspecified atom stereocenters. The summed E-state index contributed by atoms with van der Waals surface area (Å²) in [5, 5.41) is 39.8. The Morgan fingerprint density at radius 1 is 1.43 bits per heavy atom. The van der Waals surface area contributed by atoms with Crippen LogP contribution in [0.4, 0.5) is 0 Å². The zero-order valence-corrected chi connectivity index (χ0v) is 17.1. The molecule has 0 aliphatic carbocycles. The Hall–Kier alpha value is -3.31. The second-order valence-electron chi connectivity index (χ2n) is 5.96. The van der Waals surface area contributed by atoms with Gasteiger partial charge in [-0.15, -0.1) is 0 Å². The van der Waals surface area contributed by atoms with E-state index in [9.17, 15) is 19.5 Å². The van der Waals surface area contributed by atoms with Gasteiger partial charge in [-0.25, -0.2) is 14.6 Å². The Morgan fingerprint density at radius 2 is 2.13 bits per heavy atom. The lowest BCUT2D eigenvalue weighted by atomic mass is 9.96. The van der Waals surface area contributed by atoms with Gasteiger partial charge >= 0.3 is 17.9 Å². The number of carbonyl (C=O) groups is 3. The number of aliphatic carboxylic acids is 2. The summed E-state index contributed by atoms with van der Waals surface area (Å²) in [6.45, 7) is 1.93. The van der Waals surface area contributed by atoms with Gasteiger partial charge in [-0.05, 0) is 6.92 Å². The number of carboxylic acids is 2. The van der Waals surface area contributed by atoms with Crippen LogP contribution in [0.5, 0.6) is 0 Å². The number of aromatic amines is 1. The van der Waals surface area contributed by atoms with E-state index >= 15 is 0 Å². The fourth-order valence-corrected chi connectivity index (χ4v) is 3.11. The summed E-state index contributed by atoms with van der Waals surface area (Å²) in [5.41, 5.74) is -1.07. The lowest BCUT2D eigenvalue weighted by Crippen LogP contribution is -2.46. The van der Waals surface area contributed by atoms with Crippen LogP contribution in [0, 0.1) is 18.4 Å². The van der Waals surface area contributed by atoms with Gasteiger partial charge in [-0.3, -0.25) is 15.1 Å². The molecule has 0 bridgehead atoms. The van der Waals surface area contributed by atoms with Crippen LogP contribution in [0.3, 0.4) is 0 Å². The number of aliphatic imine (C=N–C) groups is 1. The molecular formula is C16H22N6O7S. The minimum Gasteiger partial charge on any atom is -0.481 e. The number of H-pyrrole nitrogens is 1. The summed E-state index contributed by atoms with van der Waals surface area (Å²) in [7, 11) is 1.33. The van der Waals surface area contributed by atoms with Crippen LogP contribution in [-0.2, 0) is 25.0 Å². The number of imidazole rings is 1. The van der Waals surface area contributed by atoms with Crippen molar-refractivity contribution >= 4 is 35.6 Å². The van der Waals surface area contributed by atoms with E-state index in [1.54, 1.807) is 12.5 Å². The molecule has 0 aliphatic rings. The molecule has 1 aromatic heterocycles. The number of hydroxylamine groups is 2. The number of aryl methyl sites for hydroxylation is 1. The van der Waals surface area contributed by atoms with Crippen molar-refractivity contribution in [2.24, 2.45) is 4.99 Å². The molecule has 0 radical (unpaired) electrons. The van der Waals surface area contributed by atoms with Crippen LogP contribution in [0.15, 0.2) is 11.3 Å². The van der Waals surface area contributed by atoms with Crippen molar-refractivity contribution in [3.8, 4) is 6.19 Å². The third kappa shape index (κ3) is 7.60. The first kappa shape index (κ1) is 24.7. The zero-order valence-electron chi connectivity index (χ0n) is 16.3. The van der Waals surface area contributed by atoms with Crippen molar-refractivity contribution in [1.82, 2.24) is 20.3 Å². The van der Waals surface area contributed by atoms with Gasteiger partial charge in [0.15, 0.2) is 11.8 Å². The van der Waals surface area contributed by atoms with Crippen molar-refractivity contribution in [3.63, 3.8) is 0 Å². The fourth-order valence-electron chi connectivity index (χ4n) is 2.18. The Kier molecular flexibility index (Phi) is 9.59. The minimum absolute atomic E-state index is 0.0612. The van der Waals surface area contributed by atoms with E-state index < -0.39 is 36.4 Å². The van der Waals surface area contributed by atoms with Crippen molar-refractivity contribution in [3.05, 3.63) is 17.7 Å². The number of nitrogens with one attached hydrogen (secondary N) is 2. The minimum atomic E-state index is -2.84. The summed E-state index contributed by atoms with van der Waals surface area (Å²) >= 11 is 1.45. The molecule has 14 heteroatoms. The van der Waals surface area contributed by atoms with Gasteiger partial charge in [0, 0.05) is 24.2 Å². The van der Waals surface area contributed by atoms with Crippen molar-refractivity contribution in [2.45, 2.75) is 31.1 Å². The molecule has 1 heterocycles. The van der Waals surface area contributed by atoms with Crippen molar-refractivity contribution in [2.75, 3.05) is 19.3 Å². The molecule has 164 valence electrons. The van der Waals surface area contributed by atoms with Gasteiger partial charge in [0.2, 0.25) is 5.96 Å². The van der Waals surface area contributed by atoms with Gasteiger partial charge in [0.1, 0.15) is 0 Å². The SMILES string of the molecule is CN=C(NC#N)N(CCSCc1nc[nH]c1C)OC(=O)CC(O)(CC(=O)O)C(=O)O. The molecule has 13 nitrogen and oxygen atoms in total. The summed E-state index contributed by atoms with van der Waals surface area (Å²) in [4.78, 5) is 50.1. The number of nitriles is 1. The smallest absolute Gasteiger partial charge is 0.336 e. The maximum Gasteiger partial charge on any atom is 0.336 e. The predicted molar refractivity (Wildman–Crippen MR) is 104 cm³/mol. The first-order valence-electron chi connectivity index (χ1n) is 8.47. The monoisotopic (exact) mass is 442 g/mol. The Bertz CT molecular complexity index is 836. The van der Waals surface area contributed by atoms with E-state index in [4.69, 9.17) is 20.3 Å². The molecule has 30 heavy (non-hydrogen) atoms. The van der Waals surface area contributed by atoms with E-state index in [0.29, 0.717) is 11.5 Å². The predicted octanol–water partition coefficient (Wildman–Crippen LogP) is -0.551. The average molecular weight is 442 g/mol. The van der Waals surface area contributed by atoms with E-state index in [1.165, 1.54) is 18.8 Å². The van der Waals surface area contributed by atoms with Gasteiger partial charge in [0.25, 0.3) is 0 Å². The van der Waals surface area contributed by atoms with Crippen LogP contribution in [0.25, 0.3) is 0 Å². The van der Waals surface area contributed by atoms with Crippen molar-refractivity contribution in [1.29, 1.82) is 5.26 Å². The fraction of sp³-hybridized carbons (Fsp3) is 0.500. The molecule has 5 N–H and O–H groups in total. The molecule has 0 saturated heterocycles. The van der Waals surface area contributed by atoms with Gasteiger partial charge in [0.05, 0.1) is 31.4 Å². The molecule has 0 fully saturated rings. The Labute approximate surface area is 175 Å². The lowest BCUT2D eigenvalue weighted by molar-refractivity contribution is -0.185. The molecular weight excluding hydrogens is 420 g/mol. The van der Waals surface area contributed by atoms with E-state index in [2.05, 4.69) is 20.3 Å². The number of carboxylic acid groups (broad SMARTS) is 2. The number of carbonyl (C=O) groups excluding carboxylic acids is 1. The number of aromatic nitrogens is 2. The molecule has 0 amide bonds. The summed E-state index contributed by atoms with van der Waals surface area (Å²) in [6.07, 6.45) is 0.888. The quantitative estimate of drug-likeness (QED) is 0.0773. The molecule has 0 spiro atoms. The highest BCUT2D eigenvalue weighted by molar-refractivity contribution is 7.98. The van der Waals surface area contributed by atoms with Gasteiger partial charge in [-0.1, -0.05) is 0 Å². The first-order valence-corrected chi connectivity index (χ1v) is 9.62. The van der Waals surface area contributed by atoms with Crippen molar-refractivity contribution < 1.29 is 34.5 Å². The largest absolute Gasteiger partial charge is 0.481 e. The Balaban J connectivity index is 2.78. The number of nitrogens with zero attached hydrogens (tertiary/aromatic N) is 4. The second-order valence-corrected chi connectivity index (χ2v) is 7.07. The van der Waals surface area contributed by atoms with Crippen LogP contribution < -0.4 is 5.32 Å². The lowest BCUT2D eigenvalue weighted by Gasteiger charge is -2.25. The van der Waals surface area contributed by atoms with Crippen LogP contribution in [0.2, 0.25) is 0 Å². The molecule has 0 aliphatic heterocycles. The number of guanidine groups is 1. The highest BCUT2D eigenvalue weighted by atomic mass is 32.2. The van der Waals surface area contributed by atoms with E-state index in [0.717, 1.165) is 16.5 Å². The molecule has 0 aromatic carbocycles. The molecule has 1 aromatic rings. The maximum absolute atomic E-state index is 12.2. The normalized spacial score (nSPS) is 13.1. The summed E-state index contributed by atoms with van der Waals surface area (Å²) in [6, 6.07) is 0. The zero-order chi connectivity index (χ0) is 22.7. The molecule has 0 saturated carbocycles. The summed E-state index contributed by atoms with van der Waals surface area (Å²) in [5.74, 6) is -3.84. The van der Waals surface area contributed by atoms with Gasteiger partial charge < -0.3 is 25.1 Å². The maximum atomic E-state index is 12.2. The van der Waals surface area contributed by atoms with Crippen LogP contribution in [0.1, 0.15) is 24.2 Å². The number of hydrogen-bond donors (Lipinski definition) is 5. The number of rotatable bonds is 10. The summed E-state index contributed by atoms with van der Waals surface area (Å²) < 4.78 is 0. The number of aliphatic hydroxyl groups is 1.